The summed E-state index contributed by atoms with van der Waals surface area (Å²) in [6.07, 6.45) is 2.18. The maximum Gasteiger partial charge on any atom is 0.311 e. The van der Waals surface area contributed by atoms with Crippen LogP contribution in [0.15, 0.2) is 30.3 Å². The molecule has 1 saturated heterocycles. The Hall–Kier alpha value is -1.89. The molecule has 2 rings (SSSR count). The van der Waals surface area contributed by atoms with Crippen LogP contribution in [-0.4, -0.2) is 54.9 Å². The Bertz CT molecular complexity index is 716. The van der Waals surface area contributed by atoms with Crippen molar-refractivity contribution in [2.75, 3.05) is 24.6 Å². The van der Waals surface area contributed by atoms with Crippen LogP contribution in [0.2, 0.25) is 0 Å². The van der Waals surface area contributed by atoms with Crippen LogP contribution in [0.1, 0.15) is 31.7 Å². The molecule has 1 aliphatic heterocycles. The Labute approximate surface area is 148 Å². The predicted octanol–water partition coefficient (Wildman–Crippen LogP) is 1.75. The van der Waals surface area contributed by atoms with Crippen LogP contribution in [0, 0.1) is 5.41 Å². The molecule has 0 saturated carbocycles. The molecule has 1 aromatic rings. The summed E-state index contributed by atoms with van der Waals surface area (Å²) in [5.41, 5.74) is 0.0719. The van der Waals surface area contributed by atoms with E-state index in [0.29, 0.717) is 32.2 Å². The quantitative estimate of drug-likeness (QED) is 0.793. The highest BCUT2D eigenvalue weighted by atomic mass is 32.2. The van der Waals surface area contributed by atoms with Crippen LogP contribution in [0.4, 0.5) is 0 Å². The van der Waals surface area contributed by atoms with Gasteiger partial charge in [0.05, 0.1) is 11.2 Å². The number of aliphatic carboxylic acids is 1. The summed E-state index contributed by atoms with van der Waals surface area (Å²) in [5.74, 6) is -2.03. The monoisotopic (exact) mass is 367 g/mol. The lowest BCUT2D eigenvalue weighted by atomic mass is 9.82. The first-order valence-corrected chi connectivity index (χ1v) is 10.3. The first kappa shape index (κ1) is 19.4. The number of likely N-dealkylation sites (tertiary alicyclic amines) is 1. The van der Waals surface area contributed by atoms with Crippen molar-refractivity contribution in [3.05, 3.63) is 35.9 Å². The van der Waals surface area contributed by atoms with E-state index >= 15 is 0 Å². The van der Waals surface area contributed by atoms with E-state index in [-0.39, 0.29) is 12.3 Å². The molecule has 0 spiro atoms. The number of carbonyl (C=O) groups excluding carboxylic acids is 1. The van der Waals surface area contributed by atoms with E-state index in [1.54, 1.807) is 6.92 Å². The lowest BCUT2D eigenvalue weighted by Crippen LogP contribution is -2.49. The molecule has 25 heavy (non-hydrogen) atoms. The van der Waals surface area contributed by atoms with Crippen LogP contribution in [0.25, 0.3) is 0 Å². The summed E-state index contributed by atoms with van der Waals surface area (Å²) in [5, 5.41) is 9.30. The predicted molar refractivity (Wildman–Crippen MR) is 95.0 cm³/mol. The molecule has 1 fully saturated rings. The molecule has 1 aliphatic rings. The van der Waals surface area contributed by atoms with Gasteiger partial charge in [-0.15, -0.1) is 0 Å². The van der Waals surface area contributed by atoms with Gasteiger partial charge in [-0.3, -0.25) is 9.59 Å². The van der Waals surface area contributed by atoms with Crippen LogP contribution < -0.4 is 0 Å². The standard InChI is InChI=1S/C18H25NO5S/c1-18(17(21)22)10-6-11-19(14-18)16(20)13-25(23,24)12-5-9-15-7-3-2-4-8-15/h2-4,7-8H,5-6,9-14H2,1H3,(H,21,22). The molecule has 6 nitrogen and oxygen atoms in total. The fourth-order valence-electron chi connectivity index (χ4n) is 3.12. The van der Waals surface area contributed by atoms with E-state index in [4.69, 9.17) is 0 Å². The summed E-state index contributed by atoms with van der Waals surface area (Å²) < 4.78 is 24.4. The third-order valence-electron chi connectivity index (χ3n) is 4.67. The third kappa shape index (κ3) is 5.56. The van der Waals surface area contributed by atoms with Crippen LogP contribution in [0.5, 0.6) is 0 Å². The number of piperidine rings is 1. The smallest absolute Gasteiger partial charge is 0.311 e. The van der Waals surface area contributed by atoms with E-state index in [9.17, 15) is 23.1 Å². The molecule has 1 unspecified atom stereocenters. The highest BCUT2D eigenvalue weighted by Gasteiger charge is 2.39. The Balaban J connectivity index is 1.87. The molecule has 1 atom stereocenters. The topological polar surface area (TPSA) is 91.8 Å². The average Bonchev–Trinajstić information content (AvgIpc) is 2.55. The lowest BCUT2D eigenvalue weighted by Gasteiger charge is -2.37. The Morgan fingerprint density at radius 3 is 2.56 bits per heavy atom. The van der Waals surface area contributed by atoms with Gasteiger partial charge in [-0.25, -0.2) is 8.42 Å². The zero-order chi connectivity index (χ0) is 18.5. The summed E-state index contributed by atoms with van der Waals surface area (Å²) in [7, 11) is -3.50. The van der Waals surface area contributed by atoms with Crippen molar-refractivity contribution in [3.8, 4) is 0 Å². The molecule has 0 aromatic heterocycles. The first-order chi connectivity index (χ1) is 11.7. The van der Waals surface area contributed by atoms with Gasteiger partial charge >= 0.3 is 5.97 Å². The van der Waals surface area contributed by atoms with Crippen LogP contribution >= 0.6 is 0 Å². The van der Waals surface area contributed by atoms with E-state index in [1.807, 2.05) is 30.3 Å². The number of amides is 1. The van der Waals surface area contributed by atoms with Gasteiger partial charge in [0, 0.05) is 13.1 Å². The van der Waals surface area contributed by atoms with Crippen molar-refractivity contribution in [1.29, 1.82) is 0 Å². The number of nitrogens with zero attached hydrogens (tertiary/aromatic N) is 1. The number of hydrogen-bond donors (Lipinski definition) is 1. The molecule has 1 N–H and O–H groups in total. The van der Waals surface area contributed by atoms with Gasteiger partial charge in [-0.05, 0) is 38.2 Å². The minimum Gasteiger partial charge on any atom is -0.481 e. The zero-order valence-corrected chi connectivity index (χ0v) is 15.3. The largest absolute Gasteiger partial charge is 0.481 e. The Morgan fingerprint density at radius 2 is 1.92 bits per heavy atom. The normalized spacial score (nSPS) is 21.1. The second-order valence-corrected chi connectivity index (χ2v) is 9.15. The lowest BCUT2D eigenvalue weighted by molar-refractivity contribution is -0.153. The number of rotatable bonds is 7. The van der Waals surface area contributed by atoms with Crippen molar-refractivity contribution in [3.63, 3.8) is 0 Å². The summed E-state index contributed by atoms with van der Waals surface area (Å²) >= 11 is 0. The van der Waals surface area contributed by atoms with E-state index in [1.165, 1.54) is 4.90 Å². The minimum absolute atomic E-state index is 0.0440. The molecule has 138 valence electrons. The second-order valence-electron chi connectivity index (χ2n) is 6.97. The van der Waals surface area contributed by atoms with Crippen molar-refractivity contribution in [2.24, 2.45) is 5.41 Å². The number of sulfone groups is 1. The number of carboxylic acid groups (broad SMARTS) is 1. The summed E-state index contributed by atoms with van der Waals surface area (Å²) in [4.78, 5) is 25.0. The Morgan fingerprint density at radius 1 is 1.24 bits per heavy atom. The third-order valence-corrected chi connectivity index (χ3v) is 6.27. The van der Waals surface area contributed by atoms with Crippen LogP contribution in [0.3, 0.4) is 0 Å². The van der Waals surface area contributed by atoms with Crippen molar-refractivity contribution < 1.29 is 23.1 Å². The van der Waals surface area contributed by atoms with Gasteiger partial charge in [0.1, 0.15) is 5.75 Å². The number of aryl methyl sites for hydroxylation is 1. The van der Waals surface area contributed by atoms with Gasteiger partial charge in [0.25, 0.3) is 0 Å². The number of carbonyl (C=O) groups is 2. The molecule has 1 heterocycles. The van der Waals surface area contributed by atoms with Gasteiger partial charge in [-0.1, -0.05) is 30.3 Å². The zero-order valence-electron chi connectivity index (χ0n) is 14.5. The van der Waals surface area contributed by atoms with Crippen LogP contribution in [-0.2, 0) is 25.8 Å². The molecule has 1 amide bonds. The summed E-state index contributed by atoms with van der Waals surface area (Å²) in [6.45, 7) is 2.09. The molecular weight excluding hydrogens is 342 g/mol. The maximum atomic E-state index is 12.3. The average molecular weight is 367 g/mol. The molecule has 0 aliphatic carbocycles. The van der Waals surface area contributed by atoms with Crippen molar-refractivity contribution in [1.82, 2.24) is 4.90 Å². The van der Waals surface area contributed by atoms with E-state index < -0.39 is 32.9 Å². The van der Waals surface area contributed by atoms with Gasteiger partial charge in [0.2, 0.25) is 5.91 Å². The second kappa shape index (κ2) is 7.99. The SMILES string of the molecule is CC1(C(=O)O)CCCN(C(=O)CS(=O)(=O)CCCc2ccccc2)C1. The van der Waals surface area contributed by atoms with Crippen molar-refractivity contribution in [2.45, 2.75) is 32.6 Å². The molecular formula is C18H25NO5S. The van der Waals surface area contributed by atoms with Gasteiger partial charge < -0.3 is 10.0 Å². The highest BCUT2D eigenvalue weighted by molar-refractivity contribution is 7.92. The summed E-state index contributed by atoms with van der Waals surface area (Å²) in [6, 6.07) is 9.60. The molecule has 7 heteroatoms. The van der Waals surface area contributed by atoms with Gasteiger partial charge in [0.15, 0.2) is 9.84 Å². The minimum atomic E-state index is -3.50. The van der Waals surface area contributed by atoms with Crippen molar-refractivity contribution >= 4 is 21.7 Å². The number of hydrogen-bond acceptors (Lipinski definition) is 4. The highest BCUT2D eigenvalue weighted by Crippen LogP contribution is 2.29. The Kier molecular flexibility index (Phi) is 6.21. The van der Waals surface area contributed by atoms with E-state index in [0.717, 1.165) is 5.56 Å². The fourth-order valence-corrected chi connectivity index (χ4v) is 4.41. The number of benzene rings is 1. The first-order valence-electron chi connectivity index (χ1n) is 8.47. The molecule has 1 aromatic carbocycles. The molecule has 0 radical (unpaired) electrons. The fraction of sp³-hybridized carbons (Fsp3) is 0.556. The number of carboxylic acids is 1. The molecule has 0 bridgehead atoms. The van der Waals surface area contributed by atoms with E-state index in [2.05, 4.69) is 0 Å². The van der Waals surface area contributed by atoms with Gasteiger partial charge in [-0.2, -0.15) is 0 Å². The maximum absolute atomic E-state index is 12.3.